The SMILES string of the molecule is CC=C=C1N=Cc2cc(CCCCC)ccc21. The van der Waals surface area contributed by atoms with E-state index in [-0.39, 0.29) is 0 Å². The first-order valence-electron chi connectivity index (χ1n) is 6.44. The molecule has 0 aliphatic carbocycles. The largest absolute Gasteiger partial charge is 0.247 e. The predicted molar refractivity (Wildman–Crippen MR) is 74.4 cm³/mol. The van der Waals surface area contributed by atoms with Crippen LogP contribution in [-0.2, 0) is 6.42 Å². The van der Waals surface area contributed by atoms with Gasteiger partial charge in [-0.1, -0.05) is 37.6 Å². The van der Waals surface area contributed by atoms with Crippen molar-refractivity contribution in [1.82, 2.24) is 0 Å². The summed E-state index contributed by atoms with van der Waals surface area (Å²) in [5.74, 6) is 0. The molecule has 0 N–H and O–H groups in total. The Bertz CT molecular complexity index is 488. The van der Waals surface area contributed by atoms with Gasteiger partial charge in [0, 0.05) is 17.3 Å². The summed E-state index contributed by atoms with van der Waals surface area (Å²) in [6.07, 6.45) is 8.92. The van der Waals surface area contributed by atoms with E-state index in [1.165, 1.54) is 42.4 Å². The van der Waals surface area contributed by atoms with Crippen LogP contribution in [0.25, 0.3) is 5.70 Å². The van der Waals surface area contributed by atoms with Gasteiger partial charge in [-0.2, -0.15) is 0 Å². The Morgan fingerprint density at radius 2 is 2.18 bits per heavy atom. The topological polar surface area (TPSA) is 12.4 Å². The van der Waals surface area contributed by atoms with E-state index < -0.39 is 0 Å². The second-order valence-electron chi connectivity index (χ2n) is 4.42. The minimum Gasteiger partial charge on any atom is -0.247 e. The molecule has 2 rings (SSSR count). The summed E-state index contributed by atoms with van der Waals surface area (Å²) in [6, 6.07) is 6.66. The maximum Gasteiger partial charge on any atom is 0.112 e. The van der Waals surface area contributed by atoms with Gasteiger partial charge in [-0.15, -0.1) is 0 Å². The molecule has 1 nitrogen and oxygen atoms in total. The number of hydrogen-bond donors (Lipinski definition) is 0. The van der Waals surface area contributed by atoms with E-state index >= 15 is 0 Å². The maximum atomic E-state index is 4.38. The van der Waals surface area contributed by atoms with E-state index in [1.54, 1.807) is 0 Å². The molecule has 1 aromatic carbocycles. The van der Waals surface area contributed by atoms with E-state index in [0.29, 0.717) is 0 Å². The van der Waals surface area contributed by atoms with E-state index in [9.17, 15) is 0 Å². The first-order valence-corrected chi connectivity index (χ1v) is 6.44. The van der Waals surface area contributed by atoms with E-state index in [1.807, 2.05) is 19.2 Å². The van der Waals surface area contributed by atoms with Crippen LogP contribution in [0.15, 0.2) is 35.0 Å². The number of unbranched alkanes of at least 4 members (excludes halogenated alkanes) is 2. The molecule has 1 aliphatic heterocycles. The molecule has 1 heteroatoms. The van der Waals surface area contributed by atoms with Crippen LogP contribution in [0, 0.1) is 0 Å². The lowest BCUT2D eigenvalue weighted by Gasteiger charge is -2.03. The van der Waals surface area contributed by atoms with Gasteiger partial charge in [0.1, 0.15) is 5.70 Å². The summed E-state index contributed by atoms with van der Waals surface area (Å²) < 4.78 is 0. The van der Waals surface area contributed by atoms with E-state index in [2.05, 4.69) is 35.8 Å². The highest BCUT2D eigenvalue weighted by molar-refractivity contribution is 5.97. The summed E-state index contributed by atoms with van der Waals surface area (Å²) in [5, 5.41) is 0. The van der Waals surface area contributed by atoms with Crippen molar-refractivity contribution >= 4 is 11.9 Å². The molecule has 0 bridgehead atoms. The molecule has 0 amide bonds. The lowest BCUT2D eigenvalue weighted by atomic mass is 10.0. The molecule has 17 heavy (non-hydrogen) atoms. The highest BCUT2D eigenvalue weighted by Crippen LogP contribution is 2.25. The first kappa shape index (κ1) is 11.9. The van der Waals surface area contributed by atoms with Gasteiger partial charge in [-0.05, 0) is 37.5 Å². The molecule has 0 fully saturated rings. The van der Waals surface area contributed by atoms with Crippen molar-refractivity contribution in [3.05, 3.63) is 46.7 Å². The Balaban J connectivity index is 2.17. The number of aliphatic imine (C=N–C) groups is 1. The van der Waals surface area contributed by atoms with Crippen LogP contribution < -0.4 is 0 Å². The zero-order valence-corrected chi connectivity index (χ0v) is 10.7. The van der Waals surface area contributed by atoms with Crippen LogP contribution in [0.3, 0.4) is 0 Å². The Morgan fingerprint density at radius 1 is 1.29 bits per heavy atom. The average molecular weight is 225 g/mol. The van der Waals surface area contributed by atoms with Gasteiger partial charge in [-0.3, -0.25) is 0 Å². The quantitative estimate of drug-likeness (QED) is 0.533. The predicted octanol–water partition coefficient (Wildman–Crippen LogP) is 4.37. The third-order valence-corrected chi connectivity index (χ3v) is 3.05. The lowest BCUT2D eigenvalue weighted by molar-refractivity contribution is 0.717. The monoisotopic (exact) mass is 225 g/mol. The van der Waals surface area contributed by atoms with Crippen LogP contribution in [-0.4, -0.2) is 6.21 Å². The number of nitrogens with zero attached hydrogens (tertiary/aromatic N) is 1. The fourth-order valence-electron chi connectivity index (χ4n) is 2.12. The molecule has 0 saturated carbocycles. The summed E-state index contributed by atoms with van der Waals surface area (Å²) in [6.45, 7) is 4.21. The van der Waals surface area contributed by atoms with Crippen molar-refractivity contribution in [3.63, 3.8) is 0 Å². The highest BCUT2D eigenvalue weighted by atomic mass is 14.8. The highest BCUT2D eigenvalue weighted by Gasteiger charge is 2.11. The average Bonchev–Trinajstić information content (AvgIpc) is 2.73. The number of aryl methyl sites for hydroxylation is 1. The van der Waals surface area contributed by atoms with Crippen LogP contribution in [0.4, 0.5) is 0 Å². The molecule has 0 saturated heterocycles. The van der Waals surface area contributed by atoms with Gasteiger partial charge in [-0.25, -0.2) is 4.99 Å². The number of rotatable bonds is 4. The van der Waals surface area contributed by atoms with Gasteiger partial charge in [0.25, 0.3) is 0 Å². The number of allylic oxidation sites excluding steroid dienone is 1. The minimum absolute atomic E-state index is 0.961. The molecule has 1 heterocycles. The third kappa shape index (κ3) is 2.75. The van der Waals surface area contributed by atoms with Crippen molar-refractivity contribution in [2.24, 2.45) is 4.99 Å². The van der Waals surface area contributed by atoms with Gasteiger partial charge < -0.3 is 0 Å². The zero-order valence-electron chi connectivity index (χ0n) is 10.7. The molecular formula is C16H19N. The van der Waals surface area contributed by atoms with E-state index in [0.717, 1.165) is 5.70 Å². The molecule has 0 radical (unpaired) electrons. The van der Waals surface area contributed by atoms with Gasteiger partial charge >= 0.3 is 0 Å². The molecule has 0 spiro atoms. The third-order valence-electron chi connectivity index (χ3n) is 3.05. The van der Waals surface area contributed by atoms with Crippen LogP contribution >= 0.6 is 0 Å². The Kier molecular flexibility index (Phi) is 3.95. The fraction of sp³-hybridized carbons (Fsp3) is 0.375. The summed E-state index contributed by atoms with van der Waals surface area (Å²) >= 11 is 0. The summed E-state index contributed by atoms with van der Waals surface area (Å²) in [5.41, 5.74) is 8.00. The summed E-state index contributed by atoms with van der Waals surface area (Å²) in [7, 11) is 0. The Morgan fingerprint density at radius 3 is 2.94 bits per heavy atom. The molecule has 1 aliphatic rings. The van der Waals surface area contributed by atoms with Crippen LogP contribution in [0.5, 0.6) is 0 Å². The number of fused-ring (bicyclic) bond motifs is 1. The van der Waals surface area contributed by atoms with Crippen molar-refractivity contribution in [2.45, 2.75) is 39.5 Å². The standard InChI is InChI=1S/C16H19N/c1-3-5-6-8-13-9-10-15-14(11-13)12-17-16(15)7-4-2/h4,9-12H,3,5-6,8H2,1-2H3. The van der Waals surface area contributed by atoms with Gasteiger partial charge in [0.2, 0.25) is 0 Å². The van der Waals surface area contributed by atoms with Crippen molar-refractivity contribution in [1.29, 1.82) is 0 Å². The zero-order chi connectivity index (χ0) is 12.1. The fourth-order valence-corrected chi connectivity index (χ4v) is 2.12. The second-order valence-corrected chi connectivity index (χ2v) is 4.42. The normalized spacial score (nSPS) is 12.5. The molecule has 0 aromatic heterocycles. The molecule has 1 aromatic rings. The number of hydrogen-bond acceptors (Lipinski definition) is 1. The Hall–Kier alpha value is -1.59. The summed E-state index contributed by atoms with van der Waals surface area (Å²) in [4.78, 5) is 4.38. The van der Waals surface area contributed by atoms with Crippen molar-refractivity contribution < 1.29 is 0 Å². The Labute approximate surface area is 104 Å². The second kappa shape index (κ2) is 5.65. The van der Waals surface area contributed by atoms with E-state index in [4.69, 9.17) is 0 Å². The lowest BCUT2D eigenvalue weighted by Crippen LogP contribution is -1.90. The first-order chi connectivity index (χ1) is 8.35. The molecule has 88 valence electrons. The number of benzene rings is 1. The molecule has 0 unspecified atom stereocenters. The maximum absolute atomic E-state index is 4.38. The van der Waals surface area contributed by atoms with Crippen LogP contribution in [0.2, 0.25) is 0 Å². The molecule has 0 atom stereocenters. The van der Waals surface area contributed by atoms with Gasteiger partial charge in [0.15, 0.2) is 0 Å². The van der Waals surface area contributed by atoms with Crippen molar-refractivity contribution in [2.75, 3.05) is 0 Å². The molecular weight excluding hydrogens is 206 g/mol. The van der Waals surface area contributed by atoms with Crippen molar-refractivity contribution in [3.8, 4) is 0 Å². The van der Waals surface area contributed by atoms with Crippen LogP contribution in [0.1, 0.15) is 49.8 Å². The van der Waals surface area contributed by atoms with Gasteiger partial charge in [0.05, 0.1) is 0 Å². The smallest absolute Gasteiger partial charge is 0.112 e. The minimum atomic E-state index is 0.961.